The molecule has 2 aromatic heterocycles. The van der Waals surface area contributed by atoms with E-state index in [1.807, 2.05) is 36.4 Å². The van der Waals surface area contributed by atoms with E-state index in [1.165, 1.54) is 10.9 Å². The molecule has 9 rings (SSSR count). The summed E-state index contributed by atoms with van der Waals surface area (Å²) in [6.07, 6.45) is 0. The molecule has 7 aromatic carbocycles. The van der Waals surface area contributed by atoms with Crippen molar-refractivity contribution < 1.29 is 4.42 Å². The summed E-state index contributed by atoms with van der Waals surface area (Å²) in [6.45, 7) is 0. The molecular formula is C44H28N2O. The SMILES string of the molecule is c1ccc(-c2cccc(-c3cc(-c4nc(-c5ccccc5)cc(-c5ccccc5)n4)cc4oc5cc6ccccc6cc5c34)c2)cc1. The van der Waals surface area contributed by atoms with Crippen molar-refractivity contribution in [3.05, 3.63) is 170 Å². The number of fused-ring (bicyclic) bond motifs is 4. The highest BCUT2D eigenvalue weighted by molar-refractivity contribution is 6.16. The van der Waals surface area contributed by atoms with E-state index >= 15 is 0 Å². The zero-order valence-electron chi connectivity index (χ0n) is 25.5. The Morgan fingerprint density at radius 3 is 1.57 bits per heavy atom. The van der Waals surface area contributed by atoms with Crippen LogP contribution in [0.3, 0.4) is 0 Å². The van der Waals surface area contributed by atoms with Gasteiger partial charge < -0.3 is 4.42 Å². The highest BCUT2D eigenvalue weighted by Crippen LogP contribution is 2.42. The molecule has 0 fully saturated rings. The lowest BCUT2D eigenvalue weighted by Crippen LogP contribution is -1.96. The molecule has 0 atom stereocenters. The second kappa shape index (κ2) is 11.2. The van der Waals surface area contributed by atoms with Crippen molar-refractivity contribution in [2.24, 2.45) is 0 Å². The van der Waals surface area contributed by atoms with E-state index in [0.717, 1.165) is 72.1 Å². The maximum Gasteiger partial charge on any atom is 0.160 e. The van der Waals surface area contributed by atoms with Crippen molar-refractivity contribution in [3.63, 3.8) is 0 Å². The summed E-state index contributed by atoms with van der Waals surface area (Å²) in [5.74, 6) is 0.651. The van der Waals surface area contributed by atoms with E-state index < -0.39 is 0 Å². The zero-order chi connectivity index (χ0) is 31.2. The Kier molecular flexibility index (Phi) is 6.46. The molecular weight excluding hydrogens is 572 g/mol. The van der Waals surface area contributed by atoms with Gasteiger partial charge in [-0.15, -0.1) is 0 Å². The molecule has 47 heavy (non-hydrogen) atoms. The highest BCUT2D eigenvalue weighted by atomic mass is 16.3. The Labute approximate surface area is 272 Å². The third-order valence-electron chi connectivity index (χ3n) is 8.84. The van der Waals surface area contributed by atoms with Gasteiger partial charge in [0, 0.05) is 27.5 Å². The van der Waals surface area contributed by atoms with E-state index in [1.54, 1.807) is 0 Å². The third kappa shape index (κ3) is 4.95. The van der Waals surface area contributed by atoms with Crippen LogP contribution < -0.4 is 0 Å². The molecule has 0 saturated carbocycles. The Morgan fingerprint density at radius 2 is 0.915 bits per heavy atom. The van der Waals surface area contributed by atoms with E-state index in [0.29, 0.717) is 5.82 Å². The van der Waals surface area contributed by atoms with Crippen molar-refractivity contribution in [2.45, 2.75) is 0 Å². The number of hydrogen-bond acceptors (Lipinski definition) is 3. The van der Waals surface area contributed by atoms with E-state index in [-0.39, 0.29) is 0 Å². The van der Waals surface area contributed by atoms with Gasteiger partial charge in [0.2, 0.25) is 0 Å². The van der Waals surface area contributed by atoms with Gasteiger partial charge in [-0.3, -0.25) is 0 Å². The molecule has 0 spiro atoms. The van der Waals surface area contributed by atoms with Gasteiger partial charge in [-0.2, -0.15) is 0 Å². The van der Waals surface area contributed by atoms with Crippen LogP contribution in [0.2, 0.25) is 0 Å². The number of rotatable bonds is 5. The number of furan rings is 1. The summed E-state index contributed by atoms with van der Waals surface area (Å²) in [7, 11) is 0. The smallest absolute Gasteiger partial charge is 0.160 e. The monoisotopic (exact) mass is 600 g/mol. The Morgan fingerprint density at radius 1 is 0.362 bits per heavy atom. The van der Waals surface area contributed by atoms with Crippen molar-refractivity contribution in [1.29, 1.82) is 0 Å². The maximum absolute atomic E-state index is 6.67. The first-order valence-electron chi connectivity index (χ1n) is 15.8. The van der Waals surface area contributed by atoms with Crippen LogP contribution in [-0.4, -0.2) is 9.97 Å². The minimum absolute atomic E-state index is 0.651. The van der Waals surface area contributed by atoms with Crippen LogP contribution in [0, 0.1) is 0 Å². The van der Waals surface area contributed by atoms with Gasteiger partial charge in [0.25, 0.3) is 0 Å². The quantitative estimate of drug-likeness (QED) is 0.197. The normalized spacial score (nSPS) is 11.4. The van der Waals surface area contributed by atoms with E-state index in [9.17, 15) is 0 Å². The van der Waals surface area contributed by atoms with Gasteiger partial charge in [-0.05, 0) is 69.4 Å². The number of nitrogens with zero attached hydrogens (tertiary/aromatic N) is 2. The van der Waals surface area contributed by atoms with Crippen LogP contribution in [0.15, 0.2) is 174 Å². The standard InChI is InChI=1S/C44H28N2O/c1-4-13-29(14-5-1)32-21-12-22-35(23-32)37-25-36(27-42-43(37)38-24-33-19-10-11-20-34(33)26-41(38)47-42)44-45-39(30-15-6-2-7-16-30)28-40(46-44)31-17-8-3-9-18-31/h1-28H. The number of aromatic nitrogens is 2. The lowest BCUT2D eigenvalue weighted by Gasteiger charge is -2.12. The lowest BCUT2D eigenvalue weighted by atomic mass is 9.93. The third-order valence-corrected chi connectivity index (χ3v) is 8.84. The molecule has 0 amide bonds. The zero-order valence-corrected chi connectivity index (χ0v) is 25.5. The molecule has 0 aliphatic rings. The van der Waals surface area contributed by atoms with Crippen LogP contribution in [-0.2, 0) is 0 Å². The van der Waals surface area contributed by atoms with Crippen molar-refractivity contribution >= 4 is 32.7 Å². The molecule has 2 heterocycles. The molecule has 3 heteroatoms. The second-order valence-electron chi connectivity index (χ2n) is 11.8. The molecule has 0 aliphatic heterocycles. The van der Waals surface area contributed by atoms with Crippen LogP contribution >= 0.6 is 0 Å². The van der Waals surface area contributed by atoms with Crippen LogP contribution in [0.4, 0.5) is 0 Å². The average Bonchev–Trinajstić information content (AvgIpc) is 3.51. The van der Waals surface area contributed by atoms with E-state index in [2.05, 4.69) is 133 Å². The summed E-state index contributed by atoms with van der Waals surface area (Å²) in [6, 6.07) is 59.1. The minimum Gasteiger partial charge on any atom is -0.456 e. The molecule has 0 radical (unpaired) electrons. The van der Waals surface area contributed by atoms with Crippen molar-refractivity contribution in [1.82, 2.24) is 9.97 Å². The van der Waals surface area contributed by atoms with Crippen LogP contribution in [0.1, 0.15) is 0 Å². The molecule has 220 valence electrons. The summed E-state index contributed by atoms with van der Waals surface area (Å²) in [5, 5.41) is 4.51. The highest BCUT2D eigenvalue weighted by Gasteiger charge is 2.19. The van der Waals surface area contributed by atoms with Gasteiger partial charge in [0.1, 0.15) is 11.2 Å². The second-order valence-corrected chi connectivity index (χ2v) is 11.8. The molecule has 3 nitrogen and oxygen atoms in total. The summed E-state index contributed by atoms with van der Waals surface area (Å²) in [5.41, 5.74) is 10.9. The fourth-order valence-corrected chi connectivity index (χ4v) is 6.54. The molecule has 0 saturated heterocycles. The predicted molar refractivity (Wildman–Crippen MR) is 194 cm³/mol. The molecule has 9 aromatic rings. The van der Waals surface area contributed by atoms with Crippen molar-refractivity contribution in [3.8, 4) is 56.2 Å². The molecule has 0 N–H and O–H groups in total. The Hall–Kier alpha value is -6.32. The fourth-order valence-electron chi connectivity index (χ4n) is 6.54. The predicted octanol–water partition coefficient (Wildman–Crippen LogP) is 11.9. The Balaban J connectivity index is 1.33. The molecule has 0 aliphatic carbocycles. The topological polar surface area (TPSA) is 38.9 Å². The maximum atomic E-state index is 6.67. The first-order chi connectivity index (χ1) is 23.3. The summed E-state index contributed by atoms with van der Waals surface area (Å²) in [4.78, 5) is 10.3. The Bertz CT molecular complexity index is 2500. The minimum atomic E-state index is 0.651. The van der Waals surface area contributed by atoms with Gasteiger partial charge in [0.05, 0.1) is 11.4 Å². The first-order valence-corrected chi connectivity index (χ1v) is 15.8. The van der Waals surface area contributed by atoms with Crippen LogP contribution in [0.25, 0.3) is 88.9 Å². The van der Waals surface area contributed by atoms with Gasteiger partial charge >= 0.3 is 0 Å². The largest absolute Gasteiger partial charge is 0.456 e. The van der Waals surface area contributed by atoms with Crippen molar-refractivity contribution in [2.75, 3.05) is 0 Å². The number of benzene rings is 7. The van der Waals surface area contributed by atoms with Crippen LogP contribution in [0.5, 0.6) is 0 Å². The fraction of sp³-hybridized carbons (Fsp3) is 0. The molecule has 0 unspecified atom stereocenters. The number of hydrogen-bond donors (Lipinski definition) is 0. The average molecular weight is 601 g/mol. The lowest BCUT2D eigenvalue weighted by molar-refractivity contribution is 0.669. The van der Waals surface area contributed by atoms with Gasteiger partial charge in [-0.25, -0.2) is 9.97 Å². The summed E-state index contributed by atoms with van der Waals surface area (Å²) >= 11 is 0. The summed E-state index contributed by atoms with van der Waals surface area (Å²) < 4.78 is 6.67. The van der Waals surface area contributed by atoms with Gasteiger partial charge in [0.15, 0.2) is 5.82 Å². The first kappa shape index (κ1) is 27.0. The van der Waals surface area contributed by atoms with E-state index in [4.69, 9.17) is 14.4 Å². The van der Waals surface area contributed by atoms with Gasteiger partial charge in [-0.1, -0.05) is 133 Å². The molecule has 0 bridgehead atoms.